The van der Waals surface area contributed by atoms with Gasteiger partial charge in [-0.05, 0) is 26.7 Å². The molecule has 3 N–H and O–H groups in total. The fourth-order valence-electron chi connectivity index (χ4n) is 2.05. The van der Waals surface area contributed by atoms with Gasteiger partial charge in [-0.2, -0.15) is 0 Å². The van der Waals surface area contributed by atoms with Crippen molar-refractivity contribution in [3.63, 3.8) is 0 Å². The zero-order chi connectivity index (χ0) is 8.98. The highest BCUT2D eigenvalue weighted by Crippen LogP contribution is 2.42. The van der Waals surface area contributed by atoms with Crippen LogP contribution in [0.2, 0.25) is 0 Å². The third-order valence-corrected chi connectivity index (χ3v) is 2.57. The molecule has 0 spiro atoms. The summed E-state index contributed by atoms with van der Waals surface area (Å²) in [5.41, 5.74) is 4.92. The van der Waals surface area contributed by atoms with Crippen LogP contribution in [-0.4, -0.2) is 28.8 Å². The van der Waals surface area contributed by atoms with E-state index in [0.717, 1.165) is 6.42 Å². The van der Waals surface area contributed by atoms with Gasteiger partial charge in [0.25, 0.3) is 0 Å². The predicted octanol–water partition coefficient (Wildman–Crippen LogP) is -0.0524. The van der Waals surface area contributed by atoms with E-state index in [1.54, 1.807) is 0 Å². The second kappa shape index (κ2) is 2.20. The van der Waals surface area contributed by atoms with Gasteiger partial charge in [-0.15, -0.1) is 0 Å². The Labute approximate surface area is 71.6 Å². The molecule has 0 aromatic rings. The van der Waals surface area contributed by atoms with Gasteiger partial charge >= 0.3 is 0 Å². The van der Waals surface area contributed by atoms with Gasteiger partial charge in [-0.1, -0.05) is 0 Å². The van der Waals surface area contributed by atoms with E-state index in [2.05, 4.69) is 0 Å². The molecule has 0 amide bonds. The van der Waals surface area contributed by atoms with E-state index in [9.17, 15) is 5.11 Å². The largest absolute Gasteiger partial charge is 0.389 e. The lowest BCUT2D eigenvalue weighted by Gasteiger charge is -2.26. The first kappa shape index (κ1) is 8.44. The van der Waals surface area contributed by atoms with Crippen molar-refractivity contribution in [1.29, 1.82) is 0 Å². The maximum atomic E-state index is 9.56. The van der Waals surface area contributed by atoms with Crippen LogP contribution in [0.4, 0.5) is 0 Å². The van der Waals surface area contributed by atoms with E-state index in [1.807, 2.05) is 13.8 Å². The van der Waals surface area contributed by atoms with Gasteiger partial charge in [0, 0.05) is 0 Å². The molecule has 4 heteroatoms. The first-order chi connectivity index (χ1) is 5.44. The summed E-state index contributed by atoms with van der Waals surface area (Å²) >= 11 is 0. The van der Waals surface area contributed by atoms with E-state index in [0.29, 0.717) is 6.42 Å². The minimum absolute atomic E-state index is 0.150. The lowest BCUT2D eigenvalue weighted by Crippen LogP contribution is -2.53. The smallest absolute Gasteiger partial charge is 0.172 e. The number of nitrogens with two attached hydrogens (primary N) is 1. The average molecular weight is 173 g/mol. The molecule has 1 aliphatic carbocycles. The Morgan fingerprint density at radius 3 is 2.67 bits per heavy atom. The Morgan fingerprint density at radius 1 is 1.42 bits per heavy atom. The summed E-state index contributed by atoms with van der Waals surface area (Å²) in [4.78, 5) is 0. The van der Waals surface area contributed by atoms with Crippen LogP contribution in [0.1, 0.15) is 26.7 Å². The third-order valence-electron chi connectivity index (χ3n) is 2.57. The van der Waals surface area contributed by atoms with Crippen molar-refractivity contribution in [2.24, 2.45) is 5.73 Å². The number of aliphatic hydroxyl groups is 1. The summed E-state index contributed by atoms with van der Waals surface area (Å²) in [6.45, 7) is 3.62. The first-order valence-corrected chi connectivity index (χ1v) is 4.29. The molecule has 3 unspecified atom stereocenters. The fraction of sp³-hybridized carbons (Fsp3) is 1.00. The number of hydrogen-bond acceptors (Lipinski definition) is 4. The van der Waals surface area contributed by atoms with Crippen LogP contribution in [0.5, 0.6) is 0 Å². The molecular weight excluding hydrogens is 158 g/mol. The normalized spacial score (nSPS) is 51.0. The quantitative estimate of drug-likeness (QED) is 0.539. The second-order valence-corrected chi connectivity index (χ2v) is 4.06. The number of hydrogen-bond donors (Lipinski definition) is 2. The summed E-state index contributed by atoms with van der Waals surface area (Å²) < 4.78 is 11.0. The van der Waals surface area contributed by atoms with E-state index < -0.39 is 17.6 Å². The number of fused-ring (bicyclic) bond motifs is 1. The molecule has 2 aliphatic rings. The van der Waals surface area contributed by atoms with Crippen LogP contribution in [0, 0.1) is 0 Å². The van der Waals surface area contributed by atoms with E-state index in [1.165, 1.54) is 0 Å². The van der Waals surface area contributed by atoms with Crippen molar-refractivity contribution in [2.75, 3.05) is 0 Å². The van der Waals surface area contributed by atoms with Crippen LogP contribution in [0.25, 0.3) is 0 Å². The third kappa shape index (κ3) is 0.992. The monoisotopic (exact) mass is 173 g/mol. The Bertz CT molecular complexity index is 206. The Morgan fingerprint density at radius 2 is 2.08 bits per heavy atom. The highest BCUT2D eigenvalue weighted by atomic mass is 16.8. The maximum absolute atomic E-state index is 9.56. The summed E-state index contributed by atoms with van der Waals surface area (Å²) in [7, 11) is 0. The first-order valence-electron chi connectivity index (χ1n) is 4.29. The molecule has 1 heterocycles. The molecule has 12 heavy (non-hydrogen) atoms. The lowest BCUT2D eigenvalue weighted by molar-refractivity contribution is -0.185. The Balaban J connectivity index is 2.23. The zero-order valence-electron chi connectivity index (χ0n) is 7.41. The van der Waals surface area contributed by atoms with E-state index >= 15 is 0 Å². The van der Waals surface area contributed by atoms with Crippen LogP contribution in [0.3, 0.4) is 0 Å². The summed E-state index contributed by atoms with van der Waals surface area (Å²) in [5.74, 6) is -0.652. The summed E-state index contributed by atoms with van der Waals surface area (Å²) in [6, 6.07) is 0. The van der Waals surface area contributed by atoms with Crippen LogP contribution in [0.15, 0.2) is 0 Å². The Kier molecular flexibility index (Phi) is 1.55. The topological polar surface area (TPSA) is 64.7 Å². The van der Waals surface area contributed by atoms with Crippen LogP contribution >= 0.6 is 0 Å². The number of aliphatic hydroxyl groups excluding tert-OH is 1. The van der Waals surface area contributed by atoms with E-state index in [-0.39, 0.29) is 6.10 Å². The van der Waals surface area contributed by atoms with Crippen molar-refractivity contribution in [3.8, 4) is 0 Å². The van der Waals surface area contributed by atoms with Crippen LogP contribution in [-0.2, 0) is 9.47 Å². The molecule has 0 aromatic heterocycles. The molecule has 1 aliphatic heterocycles. The molecule has 0 aromatic carbocycles. The highest BCUT2D eigenvalue weighted by Gasteiger charge is 2.58. The maximum Gasteiger partial charge on any atom is 0.172 e. The minimum atomic E-state index is -0.969. The molecule has 0 radical (unpaired) electrons. The van der Waals surface area contributed by atoms with Crippen molar-refractivity contribution < 1.29 is 14.6 Å². The molecule has 4 nitrogen and oxygen atoms in total. The summed E-state index contributed by atoms with van der Waals surface area (Å²) in [6.07, 6.45) is 0.699. The van der Waals surface area contributed by atoms with Crippen molar-refractivity contribution in [1.82, 2.24) is 0 Å². The van der Waals surface area contributed by atoms with Gasteiger partial charge in [-0.25, -0.2) is 0 Å². The predicted molar refractivity (Wildman–Crippen MR) is 42.2 cm³/mol. The van der Waals surface area contributed by atoms with E-state index in [4.69, 9.17) is 15.2 Å². The van der Waals surface area contributed by atoms with Gasteiger partial charge in [0.05, 0.1) is 6.10 Å². The summed E-state index contributed by atoms with van der Waals surface area (Å²) in [5, 5.41) is 9.56. The average Bonchev–Trinajstić information content (AvgIpc) is 2.27. The minimum Gasteiger partial charge on any atom is -0.389 e. The zero-order valence-corrected chi connectivity index (χ0v) is 7.41. The molecule has 70 valence electrons. The molecular formula is C8H15NO3. The van der Waals surface area contributed by atoms with Gasteiger partial charge in [0.2, 0.25) is 0 Å². The highest BCUT2D eigenvalue weighted by molar-refractivity contribution is 5.02. The molecule has 2 fully saturated rings. The molecule has 3 atom stereocenters. The number of rotatable bonds is 0. The van der Waals surface area contributed by atoms with Crippen LogP contribution < -0.4 is 5.73 Å². The van der Waals surface area contributed by atoms with Gasteiger partial charge < -0.3 is 14.6 Å². The van der Waals surface area contributed by atoms with Gasteiger partial charge in [-0.3, -0.25) is 5.73 Å². The van der Waals surface area contributed by atoms with Gasteiger partial charge in [0.15, 0.2) is 11.5 Å². The van der Waals surface area contributed by atoms with Gasteiger partial charge in [0.1, 0.15) is 6.10 Å². The SMILES string of the molecule is CC1(C)OC2CCC(O)C2(N)O1. The molecule has 1 saturated heterocycles. The fourth-order valence-corrected chi connectivity index (χ4v) is 2.05. The number of ether oxygens (including phenoxy) is 2. The lowest BCUT2D eigenvalue weighted by atomic mass is 10.1. The standard InChI is InChI=1S/C8H15NO3/c1-7(2)11-6-4-3-5(10)8(6,9)12-7/h5-6,10H,3-4,9H2,1-2H3. The molecule has 0 bridgehead atoms. The molecule has 2 rings (SSSR count). The van der Waals surface area contributed by atoms with Crippen molar-refractivity contribution in [3.05, 3.63) is 0 Å². The molecule has 1 saturated carbocycles. The second-order valence-electron chi connectivity index (χ2n) is 4.06. The van der Waals surface area contributed by atoms with Crippen molar-refractivity contribution >= 4 is 0 Å². The Hall–Kier alpha value is -0.160. The van der Waals surface area contributed by atoms with Crippen molar-refractivity contribution in [2.45, 2.75) is 50.4 Å².